The number of nitrogens with zero attached hydrogens (tertiary/aromatic N) is 3. The summed E-state index contributed by atoms with van der Waals surface area (Å²) in [7, 11) is 1.42. The van der Waals surface area contributed by atoms with Crippen LogP contribution in [0.1, 0.15) is 97.2 Å². The fourth-order valence-electron chi connectivity index (χ4n) is 9.03. The van der Waals surface area contributed by atoms with E-state index in [0.29, 0.717) is 23.6 Å². The molecule has 2 aromatic carbocycles. The number of methoxy groups -OCH3 is 1. The molecule has 0 spiro atoms. The maximum atomic E-state index is 14.8. The predicted octanol–water partition coefficient (Wildman–Crippen LogP) is -0.444. The summed E-state index contributed by atoms with van der Waals surface area (Å²) in [4.78, 5) is 146. The Bertz CT molecular complexity index is 2860. The Labute approximate surface area is 447 Å². The van der Waals surface area contributed by atoms with Crippen molar-refractivity contribution in [3.8, 4) is 5.75 Å². The predicted molar refractivity (Wildman–Crippen MR) is 280 cm³/mol. The highest BCUT2D eigenvalue weighted by Gasteiger charge is 2.52. The number of amides is 8. The molecule has 29 nitrogen and oxygen atoms in total. The zero-order valence-electron chi connectivity index (χ0n) is 44.2. The van der Waals surface area contributed by atoms with E-state index >= 15 is 0 Å². The fraction of sp³-hybridized carbons (Fsp3) is 0.510. The van der Waals surface area contributed by atoms with Gasteiger partial charge in [0.05, 0.1) is 41.2 Å². The largest absolute Gasteiger partial charge is 0.497 e. The van der Waals surface area contributed by atoms with Crippen LogP contribution in [0.5, 0.6) is 5.75 Å². The van der Waals surface area contributed by atoms with Gasteiger partial charge in [0.2, 0.25) is 41.4 Å². The molecule has 1 fully saturated rings. The molecule has 0 radical (unpaired) electrons. The average Bonchev–Trinajstić information content (AvgIpc) is 3.85. The minimum Gasteiger partial charge on any atom is -0.497 e. The van der Waals surface area contributed by atoms with Crippen molar-refractivity contribution in [2.45, 2.75) is 122 Å². The van der Waals surface area contributed by atoms with Crippen molar-refractivity contribution >= 4 is 75.6 Å². The van der Waals surface area contributed by atoms with Crippen LogP contribution in [0.25, 0.3) is 11.0 Å². The van der Waals surface area contributed by atoms with E-state index < -0.39 is 128 Å². The van der Waals surface area contributed by atoms with Crippen molar-refractivity contribution in [3.05, 3.63) is 84.2 Å². The van der Waals surface area contributed by atoms with Gasteiger partial charge in [-0.2, -0.15) is 0 Å². The minimum absolute atomic E-state index is 0.00699. The number of guanidine groups is 1. The molecule has 29 heteroatoms. The van der Waals surface area contributed by atoms with Crippen LogP contribution in [0.4, 0.5) is 11.4 Å². The van der Waals surface area contributed by atoms with Crippen molar-refractivity contribution < 1.29 is 57.4 Å². The van der Waals surface area contributed by atoms with E-state index in [0.717, 1.165) is 18.2 Å². The number of nitro benzene ring substituents is 2. The number of fused-ring (bicyclic) bond motifs is 1. The van der Waals surface area contributed by atoms with Crippen molar-refractivity contribution in [1.82, 2.24) is 42.1 Å². The summed E-state index contributed by atoms with van der Waals surface area (Å²) in [6.07, 6.45) is 0.583. The number of benzene rings is 2. The lowest BCUT2D eigenvalue weighted by Crippen LogP contribution is -2.59. The van der Waals surface area contributed by atoms with Crippen LogP contribution in [0.2, 0.25) is 0 Å². The Morgan fingerprint density at radius 3 is 2.04 bits per heavy atom. The van der Waals surface area contributed by atoms with Crippen molar-refractivity contribution in [1.29, 1.82) is 5.41 Å². The van der Waals surface area contributed by atoms with Gasteiger partial charge in [0.1, 0.15) is 47.1 Å². The van der Waals surface area contributed by atoms with Crippen LogP contribution in [-0.4, -0.2) is 125 Å². The second kappa shape index (κ2) is 27.3. The van der Waals surface area contributed by atoms with E-state index in [-0.39, 0.29) is 74.1 Å². The number of carbonyl (C=O) groups excluding carboxylic acids is 8. The number of hydrogen-bond acceptors (Lipinski definition) is 17. The molecule has 14 N–H and O–H groups in total. The van der Waals surface area contributed by atoms with Gasteiger partial charge in [-0.05, 0) is 75.5 Å². The number of rotatable bonds is 27. The molecule has 424 valence electrons. The molecular weight excluding hydrogens is 1020 g/mol. The number of primary amides is 1. The highest BCUT2D eigenvalue weighted by atomic mass is 16.6. The van der Waals surface area contributed by atoms with Crippen LogP contribution in [-0.2, 0) is 43.9 Å². The van der Waals surface area contributed by atoms with Gasteiger partial charge in [-0.3, -0.25) is 64.0 Å². The number of carbonyl (C=O) groups is 8. The summed E-state index contributed by atoms with van der Waals surface area (Å²) in [6.45, 7) is 8.95. The molecular formula is C49H68N14O15. The third-order valence-corrected chi connectivity index (χ3v) is 12.8. The zero-order chi connectivity index (χ0) is 58.3. The SMILES string of the molecule is COc1ccc2c([C@@]3(C(=O)N[C@@H](CC(C)C)C(=O)NCC(=O)N[C@@H](CC(C)C)C(=O)NC(c4ccc([N+](=O)[O-])cc4[N+](=O)[O-])C(N)C(=O)N[C@@H](C)C(=O)N[C@@H](CCCNC(=N)N)C(N)=O)CCCN3C(C)=O)cc(=O)oc2c1. The first-order valence-corrected chi connectivity index (χ1v) is 24.9. The molecule has 8 amide bonds. The van der Waals surface area contributed by atoms with Crippen molar-refractivity contribution in [2.75, 3.05) is 26.7 Å². The number of non-ortho nitro benzene ring substituents is 1. The Morgan fingerprint density at radius 1 is 0.808 bits per heavy atom. The lowest BCUT2D eigenvalue weighted by molar-refractivity contribution is -0.394. The molecule has 3 aromatic rings. The van der Waals surface area contributed by atoms with Crippen LogP contribution in [0.3, 0.4) is 0 Å². The van der Waals surface area contributed by atoms with Crippen molar-refractivity contribution in [2.24, 2.45) is 29.0 Å². The Hall–Kier alpha value is -8.76. The molecule has 0 bridgehead atoms. The Morgan fingerprint density at radius 2 is 1.46 bits per heavy atom. The first-order valence-electron chi connectivity index (χ1n) is 24.9. The topological polar surface area (TPSA) is 452 Å². The maximum Gasteiger partial charge on any atom is 0.336 e. The Balaban J connectivity index is 1.59. The monoisotopic (exact) mass is 1090 g/mol. The molecule has 1 aromatic heterocycles. The first kappa shape index (κ1) is 61.8. The van der Waals surface area contributed by atoms with Crippen LogP contribution in [0, 0.1) is 37.5 Å². The summed E-state index contributed by atoms with van der Waals surface area (Å²) in [5.41, 5.74) is 12.6. The summed E-state index contributed by atoms with van der Waals surface area (Å²) >= 11 is 0. The standard InChI is InChI=1S/C49H68N14O15/c1-24(2)18-34(59-47(72)49(15-9-17-61(49)27(6)64)32-22-39(66)78-37-21-29(77-7)12-14-30(32)37)44(69)55-23-38(65)57-35(19-25(3)4)45(70)60-41(31-13-11-28(62(73)74)20-36(31)63(75)76)40(50)46(71)56-26(5)43(68)58-33(42(51)67)10-8-16-54-48(52)53/h11-14,20-22,24-26,33-35,40-41H,8-10,15-19,23,50H2,1-7H3,(H2,51,67)(H,55,69)(H,56,71)(H,57,65)(H,58,68)(H,59,72)(H,60,70)(H4,52,53,54)/t26-,33-,34-,35-,40?,41?,49+/m0/s1. The molecule has 2 unspecified atom stereocenters. The second-order valence-electron chi connectivity index (χ2n) is 19.5. The van der Waals surface area contributed by atoms with Gasteiger partial charge in [0, 0.05) is 49.2 Å². The molecule has 2 heterocycles. The van der Waals surface area contributed by atoms with Gasteiger partial charge in [-0.25, -0.2) is 4.79 Å². The highest BCUT2D eigenvalue weighted by molar-refractivity contribution is 6.00. The van der Waals surface area contributed by atoms with Gasteiger partial charge < -0.3 is 68.5 Å². The van der Waals surface area contributed by atoms with Crippen molar-refractivity contribution in [3.63, 3.8) is 0 Å². The molecule has 1 aliphatic heterocycles. The molecule has 78 heavy (non-hydrogen) atoms. The van der Waals surface area contributed by atoms with Gasteiger partial charge in [-0.15, -0.1) is 0 Å². The van der Waals surface area contributed by atoms with Crippen LogP contribution in [0.15, 0.2) is 51.7 Å². The zero-order valence-corrected chi connectivity index (χ0v) is 44.2. The van der Waals surface area contributed by atoms with Gasteiger partial charge in [-0.1, -0.05) is 27.7 Å². The number of nitro groups is 2. The van der Waals surface area contributed by atoms with E-state index in [9.17, 15) is 63.4 Å². The molecule has 1 aliphatic rings. The molecule has 7 atom stereocenters. The smallest absolute Gasteiger partial charge is 0.336 e. The first-order chi connectivity index (χ1) is 36.6. The van der Waals surface area contributed by atoms with E-state index in [1.54, 1.807) is 39.8 Å². The second-order valence-corrected chi connectivity index (χ2v) is 19.5. The molecule has 0 saturated carbocycles. The highest BCUT2D eigenvalue weighted by Crippen LogP contribution is 2.43. The van der Waals surface area contributed by atoms with E-state index in [1.807, 2.05) is 0 Å². The van der Waals surface area contributed by atoms with Gasteiger partial charge in [0.15, 0.2) is 5.96 Å². The number of hydrogen-bond donors (Lipinski definition) is 11. The summed E-state index contributed by atoms with van der Waals surface area (Å²) in [5, 5.41) is 49.1. The van der Waals surface area contributed by atoms with Crippen LogP contribution < -0.4 is 64.8 Å². The molecule has 4 rings (SSSR count). The van der Waals surface area contributed by atoms with E-state index in [4.69, 9.17) is 31.8 Å². The van der Waals surface area contributed by atoms with Gasteiger partial charge >= 0.3 is 5.63 Å². The molecule has 1 saturated heterocycles. The normalized spacial score (nSPS) is 16.4. The van der Waals surface area contributed by atoms with Crippen LogP contribution >= 0.6 is 0 Å². The lowest BCUT2D eigenvalue weighted by Gasteiger charge is -2.38. The number of ether oxygens (including phenoxy) is 1. The minimum atomic E-state index is -1.98. The fourth-order valence-corrected chi connectivity index (χ4v) is 9.03. The summed E-state index contributed by atoms with van der Waals surface area (Å²) in [6, 6.07) is -1.20. The third kappa shape index (κ3) is 15.9. The average molecular weight is 1090 g/mol. The summed E-state index contributed by atoms with van der Waals surface area (Å²) < 4.78 is 10.7. The quantitative estimate of drug-likeness (QED) is 0.0115. The van der Waals surface area contributed by atoms with Gasteiger partial charge in [0.25, 0.3) is 17.3 Å². The Kier molecular flexibility index (Phi) is 21.7. The summed E-state index contributed by atoms with van der Waals surface area (Å²) in [5.74, 6) is -7.65. The third-order valence-electron chi connectivity index (χ3n) is 12.8. The maximum absolute atomic E-state index is 14.8. The number of nitrogens with two attached hydrogens (primary N) is 3. The number of likely N-dealkylation sites (tertiary alicyclic amines) is 1. The van der Waals surface area contributed by atoms with E-state index in [2.05, 4.69) is 37.2 Å². The lowest BCUT2D eigenvalue weighted by atomic mass is 9.83. The number of nitrogens with one attached hydrogen (secondary N) is 8. The molecule has 0 aliphatic carbocycles. The van der Waals surface area contributed by atoms with E-state index in [1.165, 1.54) is 31.9 Å².